The fraction of sp³-hybridized carbons (Fsp3) is 0.438. The average molecular weight is 270 g/mol. The third-order valence-electron chi connectivity index (χ3n) is 3.97. The van der Waals surface area contributed by atoms with Crippen LogP contribution in [0.25, 0.3) is 0 Å². The highest BCUT2D eigenvalue weighted by Gasteiger charge is 2.16. The molecule has 2 heterocycles. The molecule has 0 amide bonds. The number of aryl methyl sites for hydroxylation is 1. The molecule has 0 radical (unpaired) electrons. The van der Waals surface area contributed by atoms with Gasteiger partial charge >= 0.3 is 0 Å². The molecule has 0 unspecified atom stereocenters. The predicted octanol–water partition coefficient (Wildman–Crippen LogP) is 2.43. The maximum absolute atomic E-state index is 4.32. The van der Waals surface area contributed by atoms with Crippen LogP contribution in [0.2, 0.25) is 0 Å². The second-order valence-electron chi connectivity index (χ2n) is 5.44. The average Bonchev–Trinajstić information content (AvgIpc) is 2.85. The fourth-order valence-corrected chi connectivity index (χ4v) is 2.88. The maximum Gasteiger partial charge on any atom is 0.120 e. The summed E-state index contributed by atoms with van der Waals surface area (Å²) >= 11 is 0. The molecular formula is C16H22N4. The number of aromatic nitrogens is 2. The lowest BCUT2D eigenvalue weighted by atomic mass is 10.2. The van der Waals surface area contributed by atoms with Gasteiger partial charge in [0.2, 0.25) is 0 Å². The molecule has 4 heteroatoms. The van der Waals surface area contributed by atoms with Crippen molar-refractivity contribution in [3.05, 3.63) is 48.0 Å². The number of benzene rings is 1. The monoisotopic (exact) mass is 270 g/mol. The minimum Gasteiger partial charge on any atom is -0.370 e. The van der Waals surface area contributed by atoms with Gasteiger partial charge in [-0.1, -0.05) is 18.2 Å². The van der Waals surface area contributed by atoms with E-state index in [2.05, 4.69) is 51.0 Å². The number of nitrogens with zero attached hydrogens (tertiary/aromatic N) is 3. The molecule has 1 aliphatic heterocycles. The van der Waals surface area contributed by atoms with E-state index < -0.39 is 0 Å². The molecule has 20 heavy (non-hydrogen) atoms. The number of hydrogen-bond acceptors (Lipinski definition) is 3. The van der Waals surface area contributed by atoms with Gasteiger partial charge in [0.1, 0.15) is 5.82 Å². The number of rotatable bonds is 3. The van der Waals surface area contributed by atoms with Crippen LogP contribution in [0.3, 0.4) is 0 Å². The number of aromatic amines is 1. The summed E-state index contributed by atoms with van der Waals surface area (Å²) in [6.45, 7) is 7.58. The molecule has 0 aliphatic carbocycles. The summed E-state index contributed by atoms with van der Waals surface area (Å²) in [6.07, 6.45) is 4.93. The second-order valence-corrected chi connectivity index (χ2v) is 5.44. The van der Waals surface area contributed by atoms with Crippen molar-refractivity contribution in [2.24, 2.45) is 0 Å². The summed E-state index contributed by atoms with van der Waals surface area (Å²) in [6, 6.07) is 8.67. The number of anilines is 1. The fourth-order valence-electron chi connectivity index (χ4n) is 2.88. The minimum absolute atomic E-state index is 0.925. The normalized spacial score (nSPS) is 17.1. The van der Waals surface area contributed by atoms with Gasteiger partial charge in [0, 0.05) is 44.3 Å². The van der Waals surface area contributed by atoms with Crippen molar-refractivity contribution in [1.82, 2.24) is 14.9 Å². The zero-order valence-corrected chi connectivity index (χ0v) is 12.0. The highest BCUT2D eigenvalue weighted by Crippen LogP contribution is 2.21. The summed E-state index contributed by atoms with van der Waals surface area (Å²) in [7, 11) is 0. The molecule has 1 aromatic heterocycles. The number of imidazole rings is 1. The molecule has 0 atom stereocenters. The summed E-state index contributed by atoms with van der Waals surface area (Å²) in [4.78, 5) is 12.5. The van der Waals surface area contributed by atoms with Crippen LogP contribution >= 0.6 is 0 Å². The Morgan fingerprint density at radius 1 is 1.15 bits per heavy atom. The highest BCUT2D eigenvalue weighted by molar-refractivity contribution is 5.53. The lowest BCUT2D eigenvalue weighted by Gasteiger charge is -2.25. The van der Waals surface area contributed by atoms with E-state index in [9.17, 15) is 0 Å². The van der Waals surface area contributed by atoms with Crippen molar-refractivity contribution < 1.29 is 0 Å². The van der Waals surface area contributed by atoms with Crippen LogP contribution in [-0.4, -0.2) is 41.0 Å². The topological polar surface area (TPSA) is 35.2 Å². The summed E-state index contributed by atoms with van der Waals surface area (Å²) < 4.78 is 0. The lowest BCUT2D eigenvalue weighted by molar-refractivity contribution is 0.279. The van der Waals surface area contributed by atoms with E-state index in [1.54, 1.807) is 0 Å². The smallest absolute Gasteiger partial charge is 0.120 e. The van der Waals surface area contributed by atoms with Gasteiger partial charge in [-0.25, -0.2) is 4.98 Å². The molecule has 1 aromatic carbocycles. The Kier molecular flexibility index (Phi) is 4.02. The Morgan fingerprint density at radius 3 is 2.85 bits per heavy atom. The van der Waals surface area contributed by atoms with Crippen LogP contribution in [0.5, 0.6) is 0 Å². The van der Waals surface area contributed by atoms with Crippen molar-refractivity contribution >= 4 is 5.69 Å². The van der Waals surface area contributed by atoms with Crippen molar-refractivity contribution in [3.8, 4) is 0 Å². The SMILES string of the molecule is Cc1ccccc1N1CCCN(Cc2ncc[nH]2)CC1. The van der Waals surface area contributed by atoms with Gasteiger partial charge in [-0.15, -0.1) is 0 Å². The summed E-state index contributed by atoms with van der Waals surface area (Å²) in [5, 5.41) is 0. The number of hydrogen-bond donors (Lipinski definition) is 1. The predicted molar refractivity (Wildman–Crippen MR) is 81.9 cm³/mol. The first-order valence-electron chi connectivity index (χ1n) is 7.34. The van der Waals surface area contributed by atoms with Gasteiger partial charge in [0.15, 0.2) is 0 Å². The molecule has 1 N–H and O–H groups in total. The number of nitrogens with one attached hydrogen (secondary N) is 1. The molecule has 1 saturated heterocycles. The molecule has 0 bridgehead atoms. The Hall–Kier alpha value is -1.81. The number of H-pyrrole nitrogens is 1. The highest BCUT2D eigenvalue weighted by atomic mass is 15.2. The van der Waals surface area contributed by atoms with Gasteiger partial charge in [-0.2, -0.15) is 0 Å². The molecule has 106 valence electrons. The van der Waals surface area contributed by atoms with Crippen LogP contribution in [0.4, 0.5) is 5.69 Å². The van der Waals surface area contributed by atoms with E-state index >= 15 is 0 Å². The van der Waals surface area contributed by atoms with Gasteiger partial charge in [0.25, 0.3) is 0 Å². The molecule has 1 aliphatic rings. The van der Waals surface area contributed by atoms with Crippen LogP contribution in [0.1, 0.15) is 17.8 Å². The molecule has 2 aromatic rings. The van der Waals surface area contributed by atoms with Gasteiger partial charge in [0.05, 0.1) is 6.54 Å². The van der Waals surface area contributed by atoms with E-state index in [1.165, 1.54) is 17.7 Å². The van der Waals surface area contributed by atoms with Gasteiger partial charge in [-0.3, -0.25) is 4.90 Å². The number of para-hydroxylation sites is 1. The van der Waals surface area contributed by atoms with Gasteiger partial charge in [-0.05, 0) is 25.0 Å². The molecule has 4 nitrogen and oxygen atoms in total. The lowest BCUT2D eigenvalue weighted by Crippen LogP contribution is -2.31. The minimum atomic E-state index is 0.925. The zero-order valence-electron chi connectivity index (χ0n) is 12.0. The van der Waals surface area contributed by atoms with Crippen LogP contribution in [-0.2, 0) is 6.54 Å². The molecule has 0 spiro atoms. The van der Waals surface area contributed by atoms with Crippen molar-refractivity contribution in [2.45, 2.75) is 19.9 Å². The third-order valence-corrected chi connectivity index (χ3v) is 3.97. The molecule has 1 fully saturated rings. The van der Waals surface area contributed by atoms with E-state index in [-0.39, 0.29) is 0 Å². The quantitative estimate of drug-likeness (QED) is 0.930. The van der Waals surface area contributed by atoms with E-state index in [0.29, 0.717) is 0 Å². The molecule has 3 rings (SSSR count). The molecular weight excluding hydrogens is 248 g/mol. The van der Waals surface area contributed by atoms with E-state index in [1.807, 2.05) is 12.4 Å². The summed E-state index contributed by atoms with van der Waals surface area (Å²) in [5.74, 6) is 1.06. The van der Waals surface area contributed by atoms with E-state index in [4.69, 9.17) is 0 Å². The Balaban J connectivity index is 1.63. The first-order chi connectivity index (χ1) is 9.83. The first kappa shape index (κ1) is 13.2. The van der Waals surface area contributed by atoms with Crippen molar-refractivity contribution in [2.75, 3.05) is 31.1 Å². The van der Waals surface area contributed by atoms with Crippen LogP contribution in [0, 0.1) is 6.92 Å². The largest absolute Gasteiger partial charge is 0.370 e. The van der Waals surface area contributed by atoms with Gasteiger partial charge < -0.3 is 9.88 Å². The Labute approximate surface area is 120 Å². The van der Waals surface area contributed by atoms with E-state index in [0.717, 1.165) is 38.5 Å². The standard InChI is InChI=1S/C16H22N4/c1-14-5-2-3-6-15(14)20-10-4-9-19(11-12-20)13-16-17-7-8-18-16/h2-3,5-8H,4,9-13H2,1H3,(H,17,18). The van der Waals surface area contributed by atoms with Crippen molar-refractivity contribution in [1.29, 1.82) is 0 Å². The Morgan fingerprint density at radius 2 is 2.05 bits per heavy atom. The maximum atomic E-state index is 4.32. The van der Waals surface area contributed by atoms with Crippen LogP contribution < -0.4 is 4.90 Å². The second kappa shape index (κ2) is 6.09. The molecule has 0 saturated carbocycles. The Bertz CT molecular complexity index is 535. The summed E-state index contributed by atoms with van der Waals surface area (Å²) in [5.41, 5.74) is 2.75. The third kappa shape index (κ3) is 3.02. The zero-order chi connectivity index (χ0) is 13.8. The first-order valence-corrected chi connectivity index (χ1v) is 7.34. The van der Waals surface area contributed by atoms with Crippen molar-refractivity contribution in [3.63, 3.8) is 0 Å². The van der Waals surface area contributed by atoms with Crippen LogP contribution in [0.15, 0.2) is 36.7 Å².